The quantitative estimate of drug-likeness (QED) is 0.806. The third-order valence-corrected chi connectivity index (χ3v) is 4.69. The Bertz CT molecular complexity index is 370. The predicted molar refractivity (Wildman–Crippen MR) is 75.6 cm³/mol. The molecule has 18 heavy (non-hydrogen) atoms. The zero-order chi connectivity index (χ0) is 12.4. The van der Waals surface area contributed by atoms with E-state index < -0.39 is 0 Å². The molecule has 2 heterocycles. The highest BCUT2D eigenvalue weighted by molar-refractivity contribution is 5.20. The van der Waals surface area contributed by atoms with Gasteiger partial charge < -0.3 is 4.90 Å². The van der Waals surface area contributed by atoms with E-state index in [1.54, 1.807) is 0 Å². The first-order valence-electron chi connectivity index (χ1n) is 7.34. The first-order chi connectivity index (χ1) is 8.84. The highest BCUT2D eigenvalue weighted by Crippen LogP contribution is 2.35. The monoisotopic (exact) mass is 244 g/mol. The third kappa shape index (κ3) is 2.45. The molecule has 0 amide bonds. The molecule has 0 radical (unpaired) electrons. The van der Waals surface area contributed by atoms with Crippen LogP contribution in [0.2, 0.25) is 0 Å². The fraction of sp³-hybridized carbons (Fsp3) is 0.625. The number of nitrogens with zero attached hydrogens (tertiary/aromatic N) is 2. The van der Waals surface area contributed by atoms with Gasteiger partial charge in [0.2, 0.25) is 0 Å². The van der Waals surface area contributed by atoms with Gasteiger partial charge in [-0.05, 0) is 51.4 Å². The van der Waals surface area contributed by atoms with Gasteiger partial charge in [-0.15, -0.1) is 0 Å². The maximum atomic E-state index is 2.65. The summed E-state index contributed by atoms with van der Waals surface area (Å²) in [7, 11) is 2.31. The zero-order valence-electron chi connectivity index (χ0n) is 11.4. The van der Waals surface area contributed by atoms with Crippen molar-refractivity contribution in [1.29, 1.82) is 0 Å². The van der Waals surface area contributed by atoms with Crippen molar-refractivity contribution in [2.75, 3.05) is 26.7 Å². The number of likely N-dealkylation sites (tertiary alicyclic amines) is 2. The maximum Gasteiger partial charge on any atom is 0.0349 e. The van der Waals surface area contributed by atoms with Crippen LogP contribution in [0.15, 0.2) is 30.3 Å². The molecule has 2 nitrogen and oxygen atoms in total. The van der Waals surface area contributed by atoms with Gasteiger partial charge in [0, 0.05) is 18.6 Å². The molecule has 2 atom stereocenters. The van der Waals surface area contributed by atoms with Crippen molar-refractivity contribution in [3.63, 3.8) is 0 Å². The van der Waals surface area contributed by atoms with Crippen LogP contribution < -0.4 is 0 Å². The minimum Gasteiger partial charge on any atom is -0.302 e. The van der Waals surface area contributed by atoms with Gasteiger partial charge in [0.15, 0.2) is 0 Å². The van der Waals surface area contributed by atoms with Gasteiger partial charge in [-0.3, -0.25) is 4.90 Å². The van der Waals surface area contributed by atoms with E-state index >= 15 is 0 Å². The van der Waals surface area contributed by atoms with Crippen LogP contribution in [0.25, 0.3) is 0 Å². The molecule has 2 aliphatic heterocycles. The number of likely N-dealkylation sites (N-methyl/N-ethyl adjacent to an activating group) is 1. The van der Waals surface area contributed by atoms with Crippen molar-refractivity contribution in [2.45, 2.75) is 37.8 Å². The lowest BCUT2D eigenvalue weighted by Crippen LogP contribution is -2.38. The lowest BCUT2D eigenvalue weighted by Gasteiger charge is -2.29. The largest absolute Gasteiger partial charge is 0.302 e. The van der Waals surface area contributed by atoms with Gasteiger partial charge in [-0.25, -0.2) is 0 Å². The van der Waals surface area contributed by atoms with Crippen LogP contribution in [-0.4, -0.2) is 42.5 Å². The summed E-state index contributed by atoms with van der Waals surface area (Å²) in [6.07, 6.45) is 5.47. The van der Waals surface area contributed by atoms with E-state index in [4.69, 9.17) is 0 Å². The molecule has 0 N–H and O–H groups in total. The maximum absolute atomic E-state index is 2.65. The average Bonchev–Trinajstić information content (AvgIpc) is 3.03. The van der Waals surface area contributed by atoms with E-state index in [0.29, 0.717) is 6.04 Å². The minimum atomic E-state index is 0.638. The van der Waals surface area contributed by atoms with Crippen molar-refractivity contribution in [3.8, 4) is 0 Å². The van der Waals surface area contributed by atoms with Gasteiger partial charge in [0.05, 0.1) is 0 Å². The molecule has 3 rings (SSSR count). The highest BCUT2D eigenvalue weighted by Gasteiger charge is 2.32. The number of hydrogen-bond acceptors (Lipinski definition) is 2. The highest BCUT2D eigenvalue weighted by atomic mass is 15.2. The molecule has 2 fully saturated rings. The van der Waals surface area contributed by atoms with Gasteiger partial charge in [-0.1, -0.05) is 30.3 Å². The molecule has 2 heteroatoms. The molecular weight excluding hydrogens is 220 g/mol. The predicted octanol–water partition coefficient (Wildman–Crippen LogP) is 2.92. The second-order valence-electron chi connectivity index (χ2n) is 5.83. The molecule has 98 valence electrons. The van der Waals surface area contributed by atoms with Crippen LogP contribution in [0.3, 0.4) is 0 Å². The fourth-order valence-electron chi connectivity index (χ4n) is 3.57. The average molecular weight is 244 g/mol. The van der Waals surface area contributed by atoms with Crippen molar-refractivity contribution in [2.24, 2.45) is 0 Å². The summed E-state index contributed by atoms with van der Waals surface area (Å²) in [5, 5.41) is 0. The Hall–Kier alpha value is -0.860. The van der Waals surface area contributed by atoms with Gasteiger partial charge in [-0.2, -0.15) is 0 Å². The zero-order valence-corrected chi connectivity index (χ0v) is 11.4. The third-order valence-electron chi connectivity index (χ3n) is 4.69. The van der Waals surface area contributed by atoms with Crippen molar-refractivity contribution < 1.29 is 0 Å². The topological polar surface area (TPSA) is 6.48 Å². The first-order valence-corrected chi connectivity index (χ1v) is 7.34. The smallest absolute Gasteiger partial charge is 0.0349 e. The molecule has 0 aromatic heterocycles. The summed E-state index contributed by atoms with van der Waals surface area (Å²) >= 11 is 0. The molecular formula is C16H24N2. The second-order valence-corrected chi connectivity index (χ2v) is 5.83. The molecule has 1 aromatic carbocycles. The Balaban J connectivity index is 1.63. The fourth-order valence-corrected chi connectivity index (χ4v) is 3.57. The van der Waals surface area contributed by atoms with E-state index in [2.05, 4.69) is 47.2 Å². The lowest BCUT2D eigenvalue weighted by molar-refractivity contribution is 0.187. The summed E-state index contributed by atoms with van der Waals surface area (Å²) in [5.74, 6) is 0. The Morgan fingerprint density at radius 2 is 1.78 bits per heavy atom. The summed E-state index contributed by atoms with van der Waals surface area (Å²) in [5.41, 5.74) is 1.49. The molecule has 0 saturated carbocycles. The van der Waals surface area contributed by atoms with Crippen LogP contribution >= 0.6 is 0 Å². The van der Waals surface area contributed by atoms with Crippen molar-refractivity contribution >= 4 is 0 Å². The minimum absolute atomic E-state index is 0.638. The summed E-state index contributed by atoms with van der Waals surface area (Å²) in [6.45, 7) is 3.92. The Labute approximate surface area is 111 Å². The summed E-state index contributed by atoms with van der Waals surface area (Å²) in [4.78, 5) is 5.25. The summed E-state index contributed by atoms with van der Waals surface area (Å²) in [6, 6.07) is 12.4. The number of rotatable bonds is 3. The standard InChI is InChI=1S/C16H24N2/c1-17-15(13-18-11-5-6-12-18)9-10-16(17)14-7-3-2-4-8-14/h2-4,7-8,15-16H,5-6,9-13H2,1H3/t15-,16+/m0/s1. The normalized spacial score (nSPS) is 30.1. The molecule has 2 aliphatic rings. The van der Waals surface area contributed by atoms with Crippen molar-refractivity contribution in [3.05, 3.63) is 35.9 Å². The van der Waals surface area contributed by atoms with E-state index in [1.165, 1.54) is 50.9 Å². The van der Waals surface area contributed by atoms with E-state index in [-0.39, 0.29) is 0 Å². The molecule has 0 bridgehead atoms. The Morgan fingerprint density at radius 1 is 1.06 bits per heavy atom. The molecule has 0 aliphatic carbocycles. The lowest BCUT2D eigenvalue weighted by atomic mass is 10.1. The van der Waals surface area contributed by atoms with E-state index in [1.807, 2.05) is 0 Å². The van der Waals surface area contributed by atoms with Gasteiger partial charge in [0.1, 0.15) is 0 Å². The first kappa shape index (κ1) is 12.2. The van der Waals surface area contributed by atoms with E-state index in [0.717, 1.165) is 6.04 Å². The SMILES string of the molecule is CN1[C@H](CN2CCCC2)CC[C@@H]1c1ccccc1. The Kier molecular flexibility index (Phi) is 3.67. The molecule has 1 aromatic rings. The number of hydrogen-bond donors (Lipinski definition) is 0. The van der Waals surface area contributed by atoms with Crippen LogP contribution in [0, 0.1) is 0 Å². The molecule has 0 spiro atoms. The molecule has 0 unspecified atom stereocenters. The summed E-state index contributed by atoms with van der Waals surface area (Å²) < 4.78 is 0. The van der Waals surface area contributed by atoms with E-state index in [9.17, 15) is 0 Å². The van der Waals surface area contributed by atoms with Crippen molar-refractivity contribution in [1.82, 2.24) is 9.80 Å². The van der Waals surface area contributed by atoms with Crippen LogP contribution in [0.4, 0.5) is 0 Å². The molecule has 2 saturated heterocycles. The van der Waals surface area contributed by atoms with Crippen LogP contribution in [-0.2, 0) is 0 Å². The van der Waals surface area contributed by atoms with Crippen LogP contribution in [0.1, 0.15) is 37.3 Å². The Morgan fingerprint density at radius 3 is 2.50 bits per heavy atom. The van der Waals surface area contributed by atoms with Gasteiger partial charge >= 0.3 is 0 Å². The van der Waals surface area contributed by atoms with Gasteiger partial charge in [0.25, 0.3) is 0 Å². The second kappa shape index (κ2) is 5.41. The van der Waals surface area contributed by atoms with Crippen LogP contribution in [0.5, 0.6) is 0 Å². The number of benzene rings is 1.